The third-order valence-electron chi connectivity index (χ3n) is 4.01. The minimum atomic E-state index is 0.261. The number of rotatable bonds is 5. The van der Waals surface area contributed by atoms with Crippen molar-refractivity contribution in [3.05, 3.63) is 24.0 Å². The lowest BCUT2D eigenvalue weighted by atomic mass is 10.1. The fraction of sp³-hybridized carbons (Fsp3) is 0.667. The van der Waals surface area contributed by atoms with Crippen LogP contribution < -0.4 is 5.32 Å². The van der Waals surface area contributed by atoms with E-state index in [1.807, 2.05) is 15.7 Å². The zero-order chi connectivity index (χ0) is 13.1. The van der Waals surface area contributed by atoms with Crippen LogP contribution in [0.3, 0.4) is 0 Å². The number of carbonyl (C=O) groups is 1. The zero-order valence-corrected chi connectivity index (χ0v) is 11.5. The maximum absolute atomic E-state index is 12.1. The van der Waals surface area contributed by atoms with Gasteiger partial charge in [0, 0.05) is 38.1 Å². The zero-order valence-electron chi connectivity index (χ0n) is 11.5. The summed E-state index contributed by atoms with van der Waals surface area (Å²) in [6.45, 7) is 3.30. The van der Waals surface area contributed by atoms with E-state index in [4.69, 9.17) is 0 Å². The van der Waals surface area contributed by atoms with Gasteiger partial charge in [-0.3, -0.25) is 4.79 Å². The lowest BCUT2D eigenvalue weighted by Crippen LogP contribution is -2.37. The first-order chi connectivity index (χ1) is 9.31. The minimum Gasteiger partial charge on any atom is -0.345 e. The molecule has 0 aromatic carbocycles. The molecule has 1 aromatic heterocycles. The average molecular weight is 261 g/mol. The van der Waals surface area contributed by atoms with Crippen LogP contribution in [0.15, 0.2) is 18.5 Å². The summed E-state index contributed by atoms with van der Waals surface area (Å²) in [5.74, 6) is 0.261. The van der Waals surface area contributed by atoms with E-state index in [-0.39, 0.29) is 5.91 Å². The largest absolute Gasteiger partial charge is 0.345 e. The summed E-state index contributed by atoms with van der Waals surface area (Å²) < 4.78 is 2.01. The normalized spacial score (nSPS) is 19.7. The molecule has 1 N–H and O–H groups in total. The van der Waals surface area contributed by atoms with Crippen molar-refractivity contribution in [2.24, 2.45) is 0 Å². The van der Waals surface area contributed by atoms with Crippen molar-refractivity contribution in [3.63, 3.8) is 0 Å². The first kappa shape index (κ1) is 12.7. The first-order valence-corrected chi connectivity index (χ1v) is 7.47. The second-order valence-electron chi connectivity index (χ2n) is 5.79. The van der Waals surface area contributed by atoms with Crippen molar-refractivity contribution in [2.45, 2.75) is 51.2 Å². The molecule has 2 aliphatic rings. The molecule has 0 radical (unpaired) electrons. The molecule has 1 saturated heterocycles. The van der Waals surface area contributed by atoms with Crippen molar-refractivity contribution >= 4 is 5.91 Å². The minimum absolute atomic E-state index is 0.261. The number of nitrogens with one attached hydrogen (secondary N) is 1. The first-order valence-electron chi connectivity index (χ1n) is 7.47. The van der Waals surface area contributed by atoms with Gasteiger partial charge in [0.15, 0.2) is 0 Å². The van der Waals surface area contributed by atoms with Crippen LogP contribution in [-0.4, -0.2) is 34.5 Å². The van der Waals surface area contributed by atoms with Gasteiger partial charge in [0.25, 0.3) is 0 Å². The summed E-state index contributed by atoms with van der Waals surface area (Å²) in [6, 6.07) is 2.84. The predicted octanol–water partition coefficient (Wildman–Crippen LogP) is 1.75. The second-order valence-corrected chi connectivity index (χ2v) is 5.79. The summed E-state index contributed by atoms with van der Waals surface area (Å²) in [7, 11) is 0. The van der Waals surface area contributed by atoms with E-state index in [0.29, 0.717) is 6.54 Å². The molecule has 4 nitrogen and oxygen atoms in total. The highest BCUT2D eigenvalue weighted by Gasteiger charge is 2.20. The number of likely N-dealkylation sites (tertiary alicyclic amines) is 1. The van der Waals surface area contributed by atoms with Crippen molar-refractivity contribution < 1.29 is 4.79 Å². The lowest BCUT2D eigenvalue weighted by molar-refractivity contribution is -0.132. The van der Waals surface area contributed by atoms with Gasteiger partial charge in [-0.2, -0.15) is 0 Å². The Morgan fingerprint density at radius 3 is 2.79 bits per heavy atom. The third-order valence-corrected chi connectivity index (χ3v) is 4.01. The molecule has 19 heavy (non-hydrogen) atoms. The van der Waals surface area contributed by atoms with Crippen LogP contribution in [0.25, 0.3) is 0 Å². The number of aromatic nitrogens is 1. The number of carbonyl (C=O) groups excluding carboxylic acids is 1. The van der Waals surface area contributed by atoms with Crippen LogP contribution >= 0.6 is 0 Å². The van der Waals surface area contributed by atoms with E-state index in [0.717, 1.165) is 38.5 Å². The smallest absolute Gasteiger partial charge is 0.242 e. The van der Waals surface area contributed by atoms with E-state index in [1.54, 1.807) is 0 Å². The van der Waals surface area contributed by atoms with Gasteiger partial charge >= 0.3 is 0 Å². The molecule has 0 bridgehead atoms. The Balaban J connectivity index is 1.49. The molecule has 4 heteroatoms. The Kier molecular flexibility index (Phi) is 3.87. The highest BCUT2D eigenvalue weighted by molar-refractivity contribution is 5.76. The van der Waals surface area contributed by atoms with E-state index >= 15 is 0 Å². The van der Waals surface area contributed by atoms with Crippen molar-refractivity contribution in [1.82, 2.24) is 14.8 Å². The number of nitrogens with zero attached hydrogens (tertiary/aromatic N) is 2. The Morgan fingerprint density at radius 2 is 2.05 bits per heavy atom. The monoisotopic (exact) mass is 261 g/mol. The van der Waals surface area contributed by atoms with Crippen LogP contribution in [0.4, 0.5) is 0 Å². The van der Waals surface area contributed by atoms with Crippen molar-refractivity contribution in [2.75, 3.05) is 13.1 Å². The molecular weight excluding hydrogens is 238 g/mol. The second kappa shape index (κ2) is 5.78. The molecule has 1 aromatic rings. The quantitative estimate of drug-likeness (QED) is 0.877. The maximum atomic E-state index is 12.1. The fourth-order valence-electron chi connectivity index (χ4n) is 2.64. The molecule has 0 unspecified atom stereocenters. The third kappa shape index (κ3) is 3.60. The Labute approximate surface area is 114 Å². The van der Waals surface area contributed by atoms with E-state index in [9.17, 15) is 4.79 Å². The Morgan fingerprint density at radius 1 is 1.26 bits per heavy atom. The predicted molar refractivity (Wildman–Crippen MR) is 74.7 cm³/mol. The van der Waals surface area contributed by atoms with Crippen LogP contribution in [0.1, 0.15) is 37.7 Å². The fourth-order valence-corrected chi connectivity index (χ4v) is 2.64. The van der Waals surface area contributed by atoms with Gasteiger partial charge < -0.3 is 14.8 Å². The number of amides is 1. The summed E-state index contributed by atoms with van der Waals surface area (Å²) in [6.07, 6.45) is 10.3. The van der Waals surface area contributed by atoms with Gasteiger partial charge in [0.05, 0.1) is 0 Å². The van der Waals surface area contributed by atoms with Crippen molar-refractivity contribution in [3.8, 4) is 0 Å². The standard InChI is InChI=1S/C15H23N3O/c19-15(18-7-2-1-3-8-18)12-17-9-6-13(11-17)10-16-14-4-5-14/h6,9,11,14,16H,1-5,7-8,10,12H2. The molecule has 2 heterocycles. The maximum Gasteiger partial charge on any atom is 0.242 e. The molecule has 0 atom stereocenters. The highest BCUT2D eigenvalue weighted by atomic mass is 16.2. The summed E-state index contributed by atoms with van der Waals surface area (Å²) in [5, 5.41) is 3.49. The average Bonchev–Trinajstić information content (AvgIpc) is 3.17. The van der Waals surface area contributed by atoms with E-state index < -0.39 is 0 Å². The number of piperidine rings is 1. The van der Waals surface area contributed by atoms with Gasteiger partial charge in [-0.05, 0) is 43.7 Å². The molecular formula is C15H23N3O. The van der Waals surface area contributed by atoms with Crippen LogP contribution in [0, 0.1) is 0 Å². The SMILES string of the molecule is O=C(Cn1ccc(CNC2CC2)c1)N1CCCCC1. The topological polar surface area (TPSA) is 37.3 Å². The highest BCUT2D eigenvalue weighted by Crippen LogP contribution is 2.19. The molecule has 0 spiro atoms. The van der Waals surface area contributed by atoms with Crippen molar-refractivity contribution in [1.29, 1.82) is 0 Å². The molecule has 1 amide bonds. The van der Waals surface area contributed by atoms with Gasteiger partial charge in [-0.25, -0.2) is 0 Å². The summed E-state index contributed by atoms with van der Waals surface area (Å²) in [5.41, 5.74) is 1.28. The Bertz CT molecular complexity index is 430. The molecule has 1 aliphatic carbocycles. The van der Waals surface area contributed by atoms with Crippen LogP contribution in [0.5, 0.6) is 0 Å². The van der Waals surface area contributed by atoms with Gasteiger partial charge in [0.2, 0.25) is 5.91 Å². The van der Waals surface area contributed by atoms with Crippen LogP contribution in [0.2, 0.25) is 0 Å². The summed E-state index contributed by atoms with van der Waals surface area (Å²) in [4.78, 5) is 14.1. The lowest BCUT2D eigenvalue weighted by Gasteiger charge is -2.26. The molecule has 1 aliphatic heterocycles. The van der Waals surface area contributed by atoms with Crippen LogP contribution in [-0.2, 0) is 17.9 Å². The molecule has 2 fully saturated rings. The molecule has 1 saturated carbocycles. The van der Waals surface area contributed by atoms with Gasteiger partial charge in [-0.1, -0.05) is 0 Å². The Hall–Kier alpha value is -1.29. The number of hydrogen-bond donors (Lipinski definition) is 1. The van der Waals surface area contributed by atoms with Gasteiger partial charge in [0.1, 0.15) is 6.54 Å². The molecule has 104 valence electrons. The summed E-state index contributed by atoms with van der Waals surface area (Å²) >= 11 is 0. The van der Waals surface area contributed by atoms with Gasteiger partial charge in [-0.15, -0.1) is 0 Å². The number of hydrogen-bond acceptors (Lipinski definition) is 2. The van der Waals surface area contributed by atoms with E-state index in [2.05, 4.69) is 17.6 Å². The molecule has 3 rings (SSSR count). The van der Waals surface area contributed by atoms with E-state index in [1.165, 1.54) is 24.8 Å².